The smallest absolute Gasteiger partial charge is 0.102 e. The molecule has 2 heterocycles. The molecule has 0 aliphatic carbocycles. The molecule has 0 spiro atoms. The van der Waals surface area contributed by atoms with Gasteiger partial charge in [-0.2, -0.15) is 0 Å². The Kier molecular flexibility index (Phi) is 2.88. The van der Waals surface area contributed by atoms with Crippen LogP contribution in [0, 0.1) is 0 Å². The van der Waals surface area contributed by atoms with E-state index in [4.69, 9.17) is 0 Å². The van der Waals surface area contributed by atoms with E-state index in [0.29, 0.717) is 18.2 Å². The number of hydrogen-bond acceptors (Lipinski definition) is 3. The largest absolute Gasteiger partial charge is 0.298 e. The lowest BCUT2D eigenvalue weighted by Gasteiger charge is -2.40. The second-order valence-corrected chi connectivity index (χ2v) is 4.58. The fourth-order valence-corrected chi connectivity index (χ4v) is 2.44. The standard InChI is InChI=1S/C11H21N3/c1-4-11-12-7-10-8-13(9(2)3)5-6-14(10)11/h7,9-11H,4-6,8H2,1-3H3. The minimum Gasteiger partial charge on any atom is -0.298 e. The molecule has 2 rings (SSSR count). The van der Waals surface area contributed by atoms with Crippen molar-refractivity contribution < 1.29 is 0 Å². The molecule has 14 heavy (non-hydrogen) atoms. The summed E-state index contributed by atoms with van der Waals surface area (Å²) in [6, 6.07) is 1.25. The van der Waals surface area contributed by atoms with Crippen LogP contribution in [0.5, 0.6) is 0 Å². The Bertz CT molecular complexity index is 225. The Hall–Kier alpha value is -0.410. The minimum atomic E-state index is 0.467. The molecular formula is C11H21N3. The van der Waals surface area contributed by atoms with Crippen LogP contribution in [0.25, 0.3) is 0 Å². The van der Waals surface area contributed by atoms with E-state index < -0.39 is 0 Å². The van der Waals surface area contributed by atoms with E-state index in [-0.39, 0.29) is 0 Å². The van der Waals surface area contributed by atoms with Gasteiger partial charge in [0.2, 0.25) is 0 Å². The molecule has 1 fully saturated rings. The number of fused-ring (bicyclic) bond motifs is 1. The first kappa shape index (κ1) is 10.1. The van der Waals surface area contributed by atoms with Gasteiger partial charge in [0, 0.05) is 31.9 Å². The molecule has 2 unspecified atom stereocenters. The number of nitrogens with zero attached hydrogens (tertiary/aromatic N) is 3. The molecule has 0 aromatic rings. The third-order valence-electron chi connectivity index (χ3n) is 3.40. The lowest BCUT2D eigenvalue weighted by molar-refractivity contribution is 0.0692. The van der Waals surface area contributed by atoms with Crippen LogP contribution in [-0.2, 0) is 0 Å². The van der Waals surface area contributed by atoms with Gasteiger partial charge in [0.15, 0.2) is 0 Å². The average molecular weight is 195 g/mol. The highest BCUT2D eigenvalue weighted by Crippen LogP contribution is 2.21. The second-order valence-electron chi connectivity index (χ2n) is 4.58. The predicted molar refractivity (Wildman–Crippen MR) is 59.8 cm³/mol. The van der Waals surface area contributed by atoms with Gasteiger partial charge in [-0.15, -0.1) is 0 Å². The van der Waals surface area contributed by atoms with Gasteiger partial charge in [0.05, 0.1) is 6.04 Å². The molecule has 3 heteroatoms. The van der Waals surface area contributed by atoms with E-state index in [0.717, 1.165) is 13.0 Å². The summed E-state index contributed by atoms with van der Waals surface area (Å²) in [5.41, 5.74) is 0. The van der Waals surface area contributed by atoms with Gasteiger partial charge in [-0.1, -0.05) is 6.92 Å². The third kappa shape index (κ3) is 1.71. The maximum Gasteiger partial charge on any atom is 0.102 e. The SMILES string of the molecule is CCC1N=CC2CN(C(C)C)CCN21. The van der Waals surface area contributed by atoms with Crippen molar-refractivity contribution in [1.29, 1.82) is 0 Å². The van der Waals surface area contributed by atoms with Crippen LogP contribution in [0.3, 0.4) is 0 Å². The first-order valence-corrected chi connectivity index (χ1v) is 5.75. The van der Waals surface area contributed by atoms with Crippen molar-refractivity contribution in [2.24, 2.45) is 4.99 Å². The van der Waals surface area contributed by atoms with Gasteiger partial charge >= 0.3 is 0 Å². The molecule has 0 aromatic heterocycles. The monoisotopic (exact) mass is 195 g/mol. The van der Waals surface area contributed by atoms with E-state index in [2.05, 4.69) is 41.8 Å². The minimum absolute atomic E-state index is 0.467. The zero-order valence-electron chi connectivity index (χ0n) is 9.48. The van der Waals surface area contributed by atoms with Crippen LogP contribution in [0.15, 0.2) is 4.99 Å². The van der Waals surface area contributed by atoms with Gasteiger partial charge in [0.25, 0.3) is 0 Å². The topological polar surface area (TPSA) is 18.8 Å². The molecule has 80 valence electrons. The Morgan fingerprint density at radius 3 is 2.86 bits per heavy atom. The highest BCUT2D eigenvalue weighted by atomic mass is 15.4. The highest BCUT2D eigenvalue weighted by Gasteiger charge is 2.34. The highest BCUT2D eigenvalue weighted by molar-refractivity contribution is 5.67. The van der Waals surface area contributed by atoms with Crippen LogP contribution in [0.4, 0.5) is 0 Å². The zero-order chi connectivity index (χ0) is 10.1. The van der Waals surface area contributed by atoms with Crippen molar-refractivity contribution in [2.75, 3.05) is 19.6 Å². The van der Waals surface area contributed by atoms with E-state index >= 15 is 0 Å². The van der Waals surface area contributed by atoms with Crippen LogP contribution in [-0.4, -0.2) is 53.9 Å². The Morgan fingerprint density at radius 1 is 1.43 bits per heavy atom. The lowest BCUT2D eigenvalue weighted by Crippen LogP contribution is -2.55. The van der Waals surface area contributed by atoms with Crippen molar-refractivity contribution in [3.05, 3.63) is 0 Å². The molecule has 0 saturated carbocycles. The summed E-state index contributed by atoms with van der Waals surface area (Å²) >= 11 is 0. The molecule has 2 aliphatic heterocycles. The molecule has 3 nitrogen and oxygen atoms in total. The molecule has 0 bridgehead atoms. The van der Waals surface area contributed by atoms with Crippen molar-refractivity contribution >= 4 is 6.21 Å². The molecule has 0 N–H and O–H groups in total. The first-order valence-electron chi connectivity index (χ1n) is 5.75. The molecule has 1 saturated heterocycles. The van der Waals surface area contributed by atoms with E-state index in [1.165, 1.54) is 13.1 Å². The summed E-state index contributed by atoms with van der Waals surface area (Å²) in [4.78, 5) is 9.65. The van der Waals surface area contributed by atoms with Gasteiger partial charge in [-0.3, -0.25) is 14.8 Å². The summed E-state index contributed by atoms with van der Waals surface area (Å²) in [6.07, 6.45) is 3.77. The second kappa shape index (κ2) is 3.99. The Balaban J connectivity index is 1.97. The number of hydrogen-bond donors (Lipinski definition) is 0. The normalized spacial score (nSPS) is 34.0. The average Bonchev–Trinajstić information content (AvgIpc) is 2.59. The fourth-order valence-electron chi connectivity index (χ4n) is 2.44. The fraction of sp³-hybridized carbons (Fsp3) is 0.909. The predicted octanol–water partition coefficient (Wildman–Crippen LogP) is 1.20. The number of rotatable bonds is 2. The van der Waals surface area contributed by atoms with Crippen LogP contribution < -0.4 is 0 Å². The van der Waals surface area contributed by atoms with Crippen LogP contribution in [0.2, 0.25) is 0 Å². The molecule has 0 aromatic carbocycles. The summed E-state index contributed by atoms with van der Waals surface area (Å²) in [7, 11) is 0. The van der Waals surface area contributed by atoms with E-state index in [9.17, 15) is 0 Å². The number of piperazine rings is 1. The van der Waals surface area contributed by atoms with Crippen molar-refractivity contribution in [3.63, 3.8) is 0 Å². The van der Waals surface area contributed by atoms with Gasteiger partial charge < -0.3 is 0 Å². The summed E-state index contributed by atoms with van der Waals surface area (Å²) in [5, 5.41) is 0. The van der Waals surface area contributed by atoms with Crippen molar-refractivity contribution in [1.82, 2.24) is 9.80 Å². The maximum absolute atomic E-state index is 4.57. The van der Waals surface area contributed by atoms with Crippen molar-refractivity contribution in [3.8, 4) is 0 Å². The molecule has 0 amide bonds. The third-order valence-corrected chi connectivity index (χ3v) is 3.40. The Labute approximate surface area is 86.8 Å². The summed E-state index contributed by atoms with van der Waals surface area (Å²) < 4.78 is 0. The molecule has 0 radical (unpaired) electrons. The molecule has 2 aliphatic rings. The van der Waals surface area contributed by atoms with Gasteiger partial charge in [-0.05, 0) is 20.3 Å². The number of aliphatic imine (C=N–C) groups is 1. The van der Waals surface area contributed by atoms with E-state index in [1.54, 1.807) is 0 Å². The van der Waals surface area contributed by atoms with Gasteiger partial charge in [-0.25, -0.2) is 0 Å². The zero-order valence-corrected chi connectivity index (χ0v) is 9.48. The summed E-state index contributed by atoms with van der Waals surface area (Å²) in [5.74, 6) is 0. The quantitative estimate of drug-likeness (QED) is 0.659. The van der Waals surface area contributed by atoms with E-state index in [1.807, 2.05) is 0 Å². The lowest BCUT2D eigenvalue weighted by atomic mass is 10.1. The Morgan fingerprint density at radius 2 is 2.21 bits per heavy atom. The summed E-state index contributed by atoms with van der Waals surface area (Å²) in [6.45, 7) is 10.3. The van der Waals surface area contributed by atoms with Gasteiger partial charge in [0.1, 0.15) is 6.17 Å². The maximum atomic E-state index is 4.57. The van der Waals surface area contributed by atoms with Crippen LogP contribution in [0.1, 0.15) is 27.2 Å². The van der Waals surface area contributed by atoms with Crippen molar-refractivity contribution in [2.45, 2.75) is 45.4 Å². The molecule has 2 atom stereocenters. The van der Waals surface area contributed by atoms with Crippen LogP contribution >= 0.6 is 0 Å². The molecular weight excluding hydrogens is 174 g/mol. The first-order chi connectivity index (χ1) is 6.72.